The summed E-state index contributed by atoms with van der Waals surface area (Å²) in [5.74, 6) is -0.587. The number of carboxylic acid groups (broad SMARTS) is 1. The molecule has 0 aliphatic heterocycles. The van der Waals surface area contributed by atoms with E-state index in [0.717, 1.165) is 12.8 Å². The molecule has 1 unspecified atom stereocenters. The van der Waals surface area contributed by atoms with Gasteiger partial charge in [-0.3, -0.25) is 9.59 Å². The van der Waals surface area contributed by atoms with Gasteiger partial charge in [0.15, 0.2) is 0 Å². The molecule has 16 heavy (non-hydrogen) atoms. The van der Waals surface area contributed by atoms with Gasteiger partial charge in [-0.2, -0.15) is 0 Å². The van der Waals surface area contributed by atoms with Crippen LogP contribution in [0.4, 0.5) is 0 Å². The average molecular weight is 248 g/mol. The molecule has 0 aromatic carbocycles. The molecule has 0 spiro atoms. The minimum atomic E-state index is -1.03. The smallest absolute Gasteiger partial charge is 0.321 e. The predicted molar refractivity (Wildman–Crippen MR) is 65.4 cm³/mol. The van der Waals surface area contributed by atoms with Crippen LogP contribution in [0, 0.1) is 0 Å². The van der Waals surface area contributed by atoms with Crippen molar-refractivity contribution in [2.24, 2.45) is 5.73 Å². The van der Waals surface area contributed by atoms with Gasteiger partial charge in [0.1, 0.15) is 6.04 Å². The summed E-state index contributed by atoms with van der Waals surface area (Å²) in [4.78, 5) is 21.8. The highest BCUT2D eigenvalue weighted by atomic mass is 32.2. The van der Waals surface area contributed by atoms with Gasteiger partial charge in [0.25, 0.3) is 0 Å². The highest BCUT2D eigenvalue weighted by Gasteiger charge is 2.12. The van der Waals surface area contributed by atoms with E-state index in [9.17, 15) is 9.59 Å². The number of aliphatic carboxylic acids is 1. The van der Waals surface area contributed by atoms with Gasteiger partial charge in [-0.25, -0.2) is 0 Å². The van der Waals surface area contributed by atoms with Crippen LogP contribution in [0.15, 0.2) is 0 Å². The maximum absolute atomic E-state index is 11.4. The van der Waals surface area contributed by atoms with E-state index in [-0.39, 0.29) is 23.5 Å². The van der Waals surface area contributed by atoms with Crippen LogP contribution < -0.4 is 11.1 Å². The molecule has 4 N–H and O–H groups in total. The maximum Gasteiger partial charge on any atom is 0.321 e. The largest absolute Gasteiger partial charge is 0.480 e. The number of hydrogen-bond acceptors (Lipinski definition) is 4. The lowest BCUT2D eigenvalue weighted by molar-refractivity contribution is -0.138. The van der Waals surface area contributed by atoms with Crippen LogP contribution in [0.1, 0.15) is 26.7 Å². The first-order chi connectivity index (χ1) is 7.47. The third-order valence-electron chi connectivity index (χ3n) is 1.98. The molecule has 0 aromatic heterocycles. The van der Waals surface area contributed by atoms with Crippen LogP contribution in [-0.4, -0.2) is 40.6 Å². The fourth-order valence-corrected chi connectivity index (χ4v) is 1.95. The molecule has 0 saturated carbocycles. The van der Waals surface area contributed by atoms with E-state index in [1.165, 1.54) is 11.8 Å². The Labute approximate surface area is 100 Å². The Balaban J connectivity index is 3.62. The summed E-state index contributed by atoms with van der Waals surface area (Å²) < 4.78 is 0. The predicted octanol–water partition coefficient (Wildman–Crippen LogP) is 0.436. The summed E-state index contributed by atoms with van der Waals surface area (Å²) in [6.45, 7) is 4.01. The number of carbonyl (C=O) groups is 2. The second-order valence-corrected chi connectivity index (χ2v) is 4.75. The molecule has 0 bridgehead atoms. The van der Waals surface area contributed by atoms with Crippen LogP contribution in [0.5, 0.6) is 0 Å². The van der Waals surface area contributed by atoms with Crippen molar-refractivity contribution in [2.75, 3.05) is 11.5 Å². The molecule has 0 aromatic rings. The van der Waals surface area contributed by atoms with Crippen LogP contribution in [-0.2, 0) is 9.59 Å². The zero-order chi connectivity index (χ0) is 12.6. The van der Waals surface area contributed by atoms with E-state index in [4.69, 9.17) is 10.8 Å². The Morgan fingerprint density at radius 1 is 1.50 bits per heavy atom. The lowest BCUT2D eigenvalue weighted by Gasteiger charge is -2.12. The van der Waals surface area contributed by atoms with Crippen LogP contribution in [0.3, 0.4) is 0 Å². The van der Waals surface area contributed by atoms with Crippen molar-refractivity contribution in [3.63, 3.8) is 0 Å². The molecule has 94 valence electrons. The van der Waals surface area contributed by atoms with Gasteiger partial charge in [0.05, 0.1) is 5.75 Å². The quantitative estimate of drug-likeness (QED) is 0.579. The number of hydrogen-bond donors (Lipinski definition) is 3. The molecule has 0 radical (unpaired) electrons. The molecular weight excluding hydrogens is 228 g/mol. The van der Waals surface area contributed by atoms with Crippen molar-refractivity contribution in [1.82, 2.24) is 5.32 Å². The van der Waals surface area contributed by atoms with Crippen LogP contribution in [0.2, 0.25) is 0 Å². The zero-order valence-electron chi connectivity index (χ0n) is 9.73. The number of rotatable bonds is 8. The first-order valence-electron chi connectivity index (χ1n) is 5.32. The van der Waals surface area contributed by atoms with Gasteiger partial charge < -0.3 is 16.2 Å². The Morgan fingerprint density at radius 2 is 2.12 bits per heavy atom. The topological polar surface area (TPSA) is 92.4 Å². The summed E-state index contributed by atoms with van der Waals surface area (Å²) in [5, 5.41) is 11.4. The molecule has 0 fully saturated rings. The summed E-state index contributed by atoms with van der Waals surface area (Å²) in [6, 6.07) is -0.725. The molecule has 1 amide bonds. The lowest BCUT2D eigenvalue weighted by Crippen LogP contribution is -2.35. The van der Waals surface area contributed by atoms with E-state index < -0.39 is 12.0 Å². The number of nitrogens with one attached hydrogen (secondary N) is 1. The third-order valence-corrected chi connectivity index (χ3v) is 3.04. The van der Waals surface area contributed by atoms with Crippen LogP contribution >= 0.6 is 11.8 Å². The number of amides is 1. The van der Waals surface area contributed by atoms with Crippen molar-refractivity contribution in [3.05, 3.63) is 0 Å². The Kier molecular flexibility index (Phi) is 8.01. The van der Waals surface area contributed by atoms with E-state index in [0.29, 0.717) is 0 Å². The number of thioether (sulfide) groups is 1. The average Bonchev–Trinajstić information content (AvgIpc) is 2.17. The second kappa shape index (κ2) is 8.41. The second-order valence-electron chi connectivity index (χ2n) is 3.72. The summed E-state index contributed by atoms with van der Waals surface area (Å²) >= 11 is 1.24. The number of nitrogens with two attached hydrogens (primary N) is 1. The van der Waals surface area contributed by atoms with Crippen molar-refractivity contribution < 1.29 is 14.7 Å². The van der Waals surface area contributed by atoms with Crippen molar-refractivity contribution in [2.45, 2.75) is 38.8 Å². The molecular formula is C10H20N2O3S. The number of carbonyl (C=O) groups excluding carboxylic acids is 1. The first kappa shape index (κ1) is 15.2. The van der Waals surface area contributed by atoms with Gasteiger partial charge in [0, 0.05) is 11.8 Å². The normalized spacial score (nSPS) is 14.2. The van der Waals surface area contributed by atoms with Crippen LogP contribution in [0.25, 0.3) is 0 Å². The van der Waals surface area contributed by atoms with Crippen molar-refractivity contribution in [1.29, 1.82) is 0 Å². The van der Waals surface area contributed by atoms with E-state index in [2.05, 4.69) is 12.2 Å². The zero-order valence-corrected chi connectivity index (χ0v) is 10.5. The molecule has 0 rings (SSSR count). The van der Waals surface area contributed by atoms with Gasteiger partial charge >= 0.3 is 5.97 Å². The van der Waals surface area contributed by atoms with E-state index >= 15 is 0 Å². The molecule has 6 heteroatoms. The molecule has 2 atom stereocenters. The number of carboxylic acids is 1. The molecule has 0 aliphatic carbocycles. The fourth-order valence-electron chi connectivity index (χ4n) is 1.17. The Morgan fingerprint density at radius 3 is 2.62 bits per heavy atom. The van der Waals surface area contributed by atoms with Crippen molar-refractivity contribution >= 4 is 23.6 Å². The highest BCUT2D eigenvalue weighted by molar-refractivity contribution is 8.00. The standard InChI is InChI=1S/C10H20N2O3S/c1-3-4-7(2)12-9(13)6-16-5-8(11)10(14)15/h7-8H,3-6,11H2,1-2H3,(H,12,13)(H,14,15)/t7?,8-/m0/s1. The van der Waals surface area contributed by atoms with Crippen molar-refractivity contribution in [3.8, 4) is 0 Å². The third kappa shape index (κ3) is 7.53. The Bertz CT molecular complexity index is 236. The minimum absolute atomic E-state index is 0.0662. The maximum atomic E-state index is 11.4. The van der Waals surface area contributed by atoms with Gasteiger partial charge in [-0.15, -0.1) is 11.8 Å². The molecule has 0 saturated heterocycles. The lowest BCUT2D eigenvalue weighted by atomic mass is 10.2. The summed E-state index contributed by atoms with van der Waals surface area (Å²) in [7, 11) is 0. The molecule has 0 heterocycles. The summed E-state index contributed by atoms with van der Waals surface area (Å²) in [6.07, 6.45) is 1.98. The monoisotopic (exact) mass is 248 g/mol. The first-order valence-corrected chi connectivity index (χ1v) is 6.48. The van der Waals surface area contributed by atoms with Gasteiger partial charge in [0.2, 0.25) is 5.91 Å². The van der Waals surface area contributed by atoms with Gasteiger partial charge in [-0.1, -0.05) is 13.3 Å². The highest BCUT2D eigenvalue weighted by Crippen LogP contribution is 2.02. The fraction of sp³-hybridized carbons (Fsp3) is 0.800. The SMILES string of the molecule is CCCC(C)NC(=O)CSC[C@H](N)C(=O)O. The van der Waals surface area contributed by atoms with E-state index in [1.807, 2.05) is 6.92 Å². The molecule has 0 aliphatic rings. The van der Waals surface area contributed by atoms with Gasteiger partial charge in [-0.05, 0) is 13.3 Å². The molecule has 5 nitrogen and oxygen atoms in total. The van der Waals surface area contributed by atoms with E-state index in [1.54, 1.807) is 0 Å². The summed E-state index contributed by atoms with van der Waals surface area (Å²) in [5.41, 5.74) is 5.30. The minimum Gasteiger partial charge on any atom is -0.480 e. The Hall–Kier alpha value is -0.750.